The van der Waals surface area contributed by atoms with Crippen LogP contribution in [-0.4, -0.2) is 60.2 Å². The van der Waals surface area contributed by atoms with Gasteiger partial charge in [-0.15, -0.1) is 0 Å². The summed E-state index contributed by atoms with van der Waals surface area (Å²) in [5.41, 5.74) is 2.71. The zero-order chi connectivity index (χ0) is 19.2. The Morgan fingerprint density at radius 3 is 2.59 bits per heavy atom. The third-order valence-electron chi connectivity index (χ3n) is 4.98. The van der Waals surface area contributed by atoms with Crippen LogP contribution >= 0.6 is 0 Å². The monoisotopic (exact) mass is 365 g/mol. The van der Waals surface area contributed by atoms with Crippen molar-refractivity contribution in [3.63, 3.8) is 0 Å². The van der Waals surface area contributed by atoms with Crippen LogP contribution in [0.3, 0.4) is 0 Å². The molecule has 0 saturated carbocycles. The van der Waals surface area contributed by atoms with E-state index in [1.807, 2.05) is 49.4 Å². The molecule has 0 amide bonds. The van der Waals surface area contributed by atoms with Crippen molar-refractivity contribution >= 4 is 28.7 Å². The maximum absolute atomic E-state index is 12.1. The van der Waals surface area contributed by atoms with Crippen molar-refractivity contribution < 1.29 is 9.90 Å². The average molecular weight is 365 g/mol. The molecule has 1 aromatic carbocycles. The van der Waals surface area contributed by atoms with Crippen molar-refractivity contribution in [1.82, 2.24) is 9.47 Å². The molecule has 0 aliphatic carbocycles. The van der Waals surface area contributed by atoms with Gasteiger partial charge in [-0.2, -0.15) is 0 Å². The number of benzene rings is 1. The number of fused-ring (bicyclic) bond motifs is 1. The van der Waals surface area contributed by atoms with Gasteiger partial charge in [0.2, 0.25) is 0 Å². The highest BCUT2D eigenvalue weighted by atomic mass is 16.3. The van der Waals surface area contributed by atoms with Gasteiger partial charge in [0.05, 0.1) is 17.7 Å². The summed E-state index contributed by atoms with van der Waals surface area (Å²) >= 11 is 0. The van der Waals surface area contributed by atoms with Crippen molar-refractivity contribution in [2.24, 2.45) is 0 Å². The molecule has 1 N–H and O–H groups in total. The highest BCUT2D eigenvalue weighted by Crippen LogP contribution is 2.35. The van der Waals surface area contributed by atoms with Crippen LogP contribution in [0.2, 0.25) is 0 Å². The van der Waals surface area contributed by atoms with Gasteiger partial charge in [0, 0.05) is 43.8 Å². The SMILES string of the molecule is C=C/C=C(\C=C/C)n1c(N2CCN(CCO)CC2)c(C=O)c2ccccc21. The van der Waals surface area contributed by atoms with E-state index in [1.54, 1.807) is 6.08 Å². The summed E-state index contributed by atoms with van der Waals surface area (Å²) in [6, 6.07) is 8.02. The first-order valence-corrected chi connectivity index (χ1v) is 9.37. The number of carbonyl (C=O) groups is 1. The Balaban J connectivity index is 2.16. The first-order valence-electron chi connectivity index (χ1n) is 9.37. The molecule has 3 rings (SSSR count). The highest BCUT2D eigenvalue weighted by molar-refractivity contribution is 6.06. The number of rotatable bonds is 7. The standard InChI is InChI=1S/C22H27N3O2/c1-3-7-18(8-4-2)25-21-10-6-5-9-19(21)20(17-27)22(25)24-13-11-23(12-14-24)15-16-26/h3-10,17,26H,1,11-16H2,2H3/b8-4-,18-7+. The third-order valence-corrected chi connectivity index (χ3v) is 4.98. The van der Waals surface area contributed by atoms with E-state index < -0.39 is 0 Å². The van der Waals surface area contributed by atoms with Crippen molar-refractivity contribution in [2.45, 2.75) is 6.92 Å². The maximum Gasteiger partial charge on any atom is 0.154 e. The number of aliphatic hydroxyl groups excluding tert-OH is 1. The summed E-state index contributed by atoms with van der Waals surface area (Å²) in [7, 11) is 0. The first-order chi connectivity index (χ1) is 13.2. The lowest BCUT2D eigenvalue weighted by Crippen LogP contribution is -2.48. The molecular formula is C22H27N3O2. The number of hydrogen-bond donors (Lipinski definition) is 1. The van der Waals surface area contributed by atoms with Crippen LogP contribution in [0.1, 0.15) is 17.3 Å². The molecule has 1 aliphatic heterocycles. The van der Waals surface area contributed by atoms with Crippen molar-refractivity contribution in [3.05, 3.63) is 60.7 Å². The number of β-amino-alcohol motifs (C(OH)–C–C–N with tert-alkyl or cyclic N) is 1. The predicted octanol–water partition coefficient (Wildman–Crippen LogP) is 3.17. The van der Waals surface area contributed by atoms with Crippen LogP contribution in [0.5, 0.6) is 0 Å². The summed E-state index contributed by atoms with van der Waals surface area (Å²) in [6.07, 6.45) is 8.73. The van der Waals surface area contributed by atoms with E-state index in [0.717, 1.165) is 60.4 Å². The summed E-state index contributed by atoms with van der Waals surface area (Å²) in [5.74, 6) is 0.932. The molecule has 0 unspecified atom stereocenters. The Labute approximate surface area is 160 Å². The number of aliphatic hydroxyl groups is 1. The molecule has 1 aliphatic rings. The minimum atomic E-state index is 0.174. The zero-order valence-corrected chi connectivity index (χ0v) is 15.8. The normalized spacial score (nSPS) is 16.4. The van der Waals surface area contributed by atoms with E-state index in [1.165, 1.54) is 0 Å². The highest BCUT2D eigenvalue weighted by Gasteiger charge is 2.25. The molecule has 0 spiro atoms. The van der Waals surface area contributed by atoms with Gasteiger partial charge in [0.25, 0.3) is 0 Å². The van der Waals surface area contributed by atoms with Crippen LogP contribution < -0.4 is 4.90 Å². The number of aldehydes is 1. The van der Waals surface area contributed by atoms with Crippen LogP contribution in [0, 0.1) is 0 Å². The Hall–Kier alpha value is -2.63. The van der Waals surface area contributed by atoms with Gasteiger partial charge in [0.1, 0.15) is 5.82 Å². The molecule has 5 nitrogen and oxygen atoms in total. The predicted molar refractivity (Wildman–Crippen MR) is 112 cm³/mol. The molecule has 1 saturated heterocycles. The number of carbonyl (C=O) groups excluding carboxylic acids is 1. The number of allylic oxidation sites excluding steroid dienone is 5. The largest absolute Gasteiger partial charge is 0.395 e. The van der Waals surface area contributed by atoms with Gasteiger partial charge >= 0.3 is 0 Å². The van der Waals surface area contributed by atoms with Gasteiger partial charge in [-0.25, -0.2) is 0 Å². The Kier molecular flexibility index (Phi) is 6.27. The molecule has 142 valence electrons. The molecule has 0 atom stereocenters. The molecule has 5 heteroatoms. The van der Waals surface area contributed by atoms with E-state index in [4.69, 9.17) is 0 Å². The van der Waals surface area contributed by atoms with Gasteiger partial charge < -0.3 is 10.0 Å². The topological polar surface area (TPSA) is 48.7 Å². The van der Waals surface area contributed by atoms with Crippen LogP contribution in [-0.2, 0) is 0 Å². The van der Waals surface area contributed by atoms with E-state index in [0.29, 0.717) is 6.54 Å². The summed E-state index contributed by atoms with van der Waals surface area (Å²) in [6.45, 7) is 10.1. The van der Waals surface area contributed by atoms with Gasteiger partial charge in [-0.3, -0.25) is 14.3 Å². The van der Waals surface area contributed by atoms with Crippen molar-refractivity contribution in [2.75, 3.05) is 44.2 Å². The van der Waals surface area contributed by atoms with Crippen LogP contribution in [0.25, 0.3) is 16.6 Å². The lowest BCUT2D eigenvalue weighted by molar-refractivity contribution is 0.112. The van der Waals surface area contributed by atoms with Crippen molar-refractivity contribution in [1.29, 1.82) is 0 Å². The number of para-hydroxylation sites is 1. The van der Waals surface area contributed by atoms with Crippen LogP contribution in [0.4, 0.5) is 5.82 Å². The molecular weight excluding hydrogens is 338 g/mol. The van der Waals surface area contributed by atoms with Gasteiger partial charge in [0.15, 0.2) is 6.29 Å². The second kappa shape index (κ2) is 8.84. The second-order valence-electron chi connectivity index (χ2n) is 6.59. The Bertz CT molecular complexity index is 871. The summed E-state index contributed by atoms with van der Waals surface area (Å²) in [5, 5.41) is 10.1. The molecule has 0 bridgehead atoms. The van der Waals surface area contributed by atoms with Crippen LogP contribution in [0.15, 0.2) is 55.1 Å². The van der Waals surface area contributed by atoms with E-state index >= 15 is 0 Å². The number of aromatic nitrogens is 1. The number of anilines is 1. The fourth-order valence-electron chi connectivity index (χ4n) is 3.76. The maximum atomic E-state index is 12.1. The Morgan fingerprint density at radius 1 is 1.22 bits per heavy atom. The zero-order valence-electron chi connectivity index (χ0n) is 15.8. The van der Waals surface area contributed by atoms with Gasteiger partial charge in [-0.1, -0.05) is 36.9 Å². The molecule has 0 radical (unpaired) electrons. The van der Waals surface area contributed by atoms with Gasteiger partial charge in [-0.05, 0) is 25.1 Å². The third kappa shape index (κ3) is 3.75. The fourth-order valence-corrected chi connectivity index (χ4v) is 3.76. The van der Waals surface area contributed by atoms with E-state index in [2.05, 4.69) is 20.9 Å². The first kappa shape index (κ1) is 19.1. The minimum Gasteiger partial charge on any atom is -0.395 e. The quantitative estimate of drug-likeness (QED) is 0.605. The molecule has 2 heterocycles. The molecule has 1 aromatic heterocycles. The lowest BCUT2D eigenvalue weighted by atomic mass is 10.1. The smallest absolute Gasteiger partial charge is 0.154 e. The number of nitrogens with zero attached hydrogens (tertiary/aromatic N) is 3. The number of piperazine rings is 1. The number of hydrogen-bond acceptors (Lipinski definition) is 4. The summed E-state index contributed by atoms with van der Waals surface area (Å²) in [4.78, 5) is 16.6. The average Bonchev–Trinajstić information content (AvgIpc) is 3.03. The molecule has 2 aromatic rings. The fraction of sp³-hybridized carbons (Fsp3) is 0.318. The lowest BCUT2D eigenvalue weighted by Gasteiger charge is -2.36. The second-order valence-corrected chi connectivity index (χ2v) is 6.59. The van der Waals surface area contributed by atoms with Crippen molar-refractivity contribution in [3.8, 4) is 0 Å². The summed E-state index contributed by atoms with van der Waals surface area (Å²) < 4.78 is 2.16. The van der Waals surface area contributed by atoms with E-state index in [-0.39, 0.29) is 6.61 Å². The molecule has 27 heavy (non-hydrogen) atoms. The Morgan fingerprint density at radius 2 is 1.96 bits per heavy atom. The van der Waals surface area contributed by atoms with E-state index in [9.17, 15) is 9.90 Å². The minimum absolute atomic E-state index is 0.174. The molecule has 1 fully saturated rings.